The highest BCUT2D eigenvalue weighted by Gasteiger charge is 2.44. The van der Waals surface area contributed by atoms with Crippen molar-refractivity contribution in [3.05, 3.63) is 89.2 Å². The van der Waals surface area contributed by atoms with Gasteiger partial charge in [0, 0.05) is 18.8 Å². The zero-order valence-corrected chi connectivity index (χ0v) is 17.1. The van der Waals surface area contributed by atoms with E-state index in [4.69, 9.17) is 0 Å². The molecule has 4 heterocycles. The second kappa shape index (κ2) is 6.81. The molecule has 2 unspecified atom stereocenters. The number of benzene rings is 1. The average molecular weight is 401 g/mol. The van der Waals surface area contributed by atoms with Crippen molar-refractivity contribution in [1.82, 2.24) is 25.0 Å². The fourth-order valence-electron chi connectivity index (χ4n) is 4.47. The number of allylic oxidation sites excluding steroid dienone is 2. The number of fused-ring (bicyclic) bond motifs is 2. The van der Waals surface area contributed by atoms with Gasteiger partial charge in [0.2, 0.25) is 5.91 Å². The van der Waals surface area contributed by atoms with Crippen LogP contribution in [0, 0.1) is 0 Å². The molecule has 7 nitrogen and oxygen atoms in total. The van der Waals surface area contributed by atoms with Crippen LogP contribution in [-0.4, -0.2) is 57.8 Å². The van der Waals surface area contributed by atoms with Crippen molar-refractivity contribution in [2.75, 3.05) is 14.1 Å². The summed E-state index contributed by atoms with van der Waals surface area (Å²) in [6, 6.07) is 12.9. The topological polar surface area (TPSA) is 68.8 Å². The van der Waals surface area contributed by atoms with Gasteiger partial charge in [0.15, 0.2) is 0 Å². The Bertz CT molecular complexity index is 1090. The maximum absolute atomic E-state index is 13.4. The molecule has 2 aromatic rings. The molecule has 3 aliphatic rings. The van der Waals surface area contributed by atoms with E-state index >= 15 is 0 Å². The lowest BCUT2D eigenvalue weighted by molar-refractivity contribution is -0.138. The van der Waals surface area contributed by atoms with Crippen molar-refractivity contribution < 1.29 is 9.59 Å². The summed E-state index contributed by atoms with van der Waals surface area (Å²) in [5.41, 5.74) is 3.30. The van der Waals surface area contributed by atoms with Crippen molar-refractivity contribution in [1.29, 1.82) is 0 Å². The van der Waals surface area contributed by atoms with Crippen LogP contribution in [-0.2, 0) is 4.79 Å². The van der Waals surface area contributed by atoms with E-state index < -0.39 is 0 Å². The lowest BCUT2D eigenvalue weighted by Gasteiger charge is -2.46. The van der Waals surface area contributed by atoms with Crippen LogP contribution in [0.25, 0.3) is 0 Å². The molecule has 3 aliphatic heterocycles. The summed E-state index contributed by atoms with van der Waals surface area (Å²) in [6.45, 7) is 1.89. The van der Waals surface area contributed by atoms with Gasteiger partial charge in [-0.15, -0.1) is 0 Å². The third kappa shape index (κ3) is 2.59. The molecule has 3 atom stereocenters. The summed E-state index contributed by atoms with van der Waals surface area (Å²) in [6.07, 6.45) is 5.34. The number of hydrogen-bond acceptors (Lipinski definition) is 5. The van der Waals surface area contributed by atoms with Gasteiger partial charge < -0.3 is 10.2 Å². The molecular weight excluding hydrogens is 378 g/mol. The Hall–Kier alpha value is -3.45. The predicted molar refractivity (Wildman–Crippen MR) is 112 cm³/mol. The lowest BCUT2D eigenvalue weighted by Crippen LogP contribution is -2.62. The van der Waals surface area contributed by atoms with Crippen molar-refractivity contribution >= 4 is 11.8 Å². The van der Waals surface area contributed by atoms with Gasteiger partial charge in [-0.2, -0.15) is 0 Å². The first-order valence-electron chi connectivity index (χ1n) is 10.0. The van der Waals surface area contributed by atoms with Gasteiger partial charge in [-0.3, -0.25) is 24.4 Å². The van der Waals surface area contributed by atoms with Gasteiger partial charge in [0.25, 0.3) is 5.91 Å². The quantitative estimate of drug-likeness (QED) is 0.835. The van der Waals surface area contributed by atoms with E-state index in [9.17, 15) is 9.59 Å². The van der Waals surface area contributed by atoms with Crippen molar-refractivity contribution in [3.63, 3.8) is 0 Å². The minimum absolute atomic E-state index is 0.0506. The van der Waals surface area contributed by atoms with Gasteiger partial charge in [0.1, 0.15) is 18.0 Å². The fraction of sp³-hybridized carbons (Fsp3) is 0.261. The average Bonchev–Trinajstić information content (AvgIpc) is 3.09. The van der Waals surface area contributed by atoms with Gasteiger partial charge in [-0.25, -0.2) is 0 Å². The van der Waals surface area contributed by atoms with E-state index in [-0.39, 0.29) is 30.1 Å². The molecule has 7 heteroatoms. The highest BCUT2D eigenvalue weighted by Crippen LogP contribution is 2.40. The maximum atomic E-state index is 13.4. The van der Waals surface area contributed by atoms with Crippen LogP contribution in [0.5, 0.6) is 0 Å². The SMILES string of the molecule is C[C@@H]1C(=O)N(C)C2=CC=C(N3C(=O)c4ccccc4C3c3ccccn3)NC2N1C. The van der Waals surface area contributed by atoms with Crippen LogP contribution in [0.2, 0.25) is 0 Å². The van der Waals surface area contributed by atoms with Crippen molar-refractivity contribution in [3.8, 4) is 0 Å². The number of aromatic nitrogens is 1. The molecule has 1 aromatic heterocycles. The zero-order valence-electron chi connectivity index (χ0n) is 17.1. The third-order valence-corrected chi connectivity index (χ3v) is 6.26. The maximum Gasteiger partial charge on any atom is 0.260 e. The number of carbonyl (C=O) groups excluding carboxylic acids is 2. The van der Waals surface area contributed by atoms with Gasteiger partial charge in [0.05, 0.1) is 17.4 Å². The first-order valence-corrected chi connectivity index (χ1v) is 10.0. The van der Waals surface area contributed by atoms with E-state index in [0.717, 1.165) is 17.0 Å². The Morgan fingerprint density at radius 2 is 1.77 bits per heavy atom. The smallest absolute Gasteiger partial charge is 0.260 e. The number of hydrogen-bond donors (Lipinski definition) is 1. The van der Waals surface area contributed by atoms with E-state index in [0.29, 0.717) is 11.4 Å². The summed E-state index contributed by atoms with van der Waals surface area (Å²) in [5, 5.41) is 3.50. The Labute approximate surface area is 175 Å². The number of dihydropyridines is 1. The molecule has 152 valence electrons. The van der Waals surface area contributed by atoms with E-state index in [1.807, 2.05) is 73.5 Å². The molecule has 0 radical (unpaired) electrons. The molecule has 1 N–H and O–H groups in total. The van der Waals surface area contributed by atoms with E-state index in [1.54, 1.807) is 23.0 Å². The van der Waals surface area contributed by atoms with Crippen LogP contribution in [0.15, 0.2) is 72.3 Å². The number of piperazine rings is 1. The number of amides is 2. The zero-order chi connectivity index (χ0) is 21.0. The first kappa shape index (κ1) is 18.6. The van der Waals surface area contributed by atoms with E-state index in [1.165, 1.54) is 0 Å². The van der Waals surface area contributed by atoms with Crippen molar-refractivity contribution in [2.45, 2.75) is 25.2 Å². The van der Waals surface area contributed by atoms with Crippen LogP contribution in [0.1, 0.15) is 34.6 Å². The van der Waals surface area contributed by atoms with E-state index in [2.05, 4.69) is 10.3 Å². The summed E-state index contributed by atoms with van der Waals surface area (Å²) in [7, 11) is 3.71. The Balaban J connectivity index is 1.60. The summed E-state index contributed by atoms with van der Waals surface area (Å²) in [4.78, 5) is 35.9. The molecule has 0 saturated carbocycles. The van der Waals surface area contributed by atoms with Crippen LogP contribution < -0.4 is 5.32 Å². The molecule has 0 spiro atoms. The number of rotatable bonds is 2. The lowest BCUT2D eigenvalue weighted by atomic mass is 10.0. The molecule has 0 bridgehead atoms. The van der Waals surface area contributed by atoms with Gasteiger partial charge in [-0.1, -0.05) is 24.3 Å². The normalized spacial score (nSPS) is 26.0. The van der Waals surface area contributed by atoms with Crippen molar-refractivity contribution in [2.24, 2.45) is 0 Å². The highest BCUT2D eigenvalue weighted by atomic mass is 16.2. The second-order valence-corrected chi connectivity index (χ2v) is 7.85. The monoisotopic (exact) mass is 401 g/mol. The van der Waals surface area contributed by atoms with Gasteiger partial charge >= 0.3 is 0 Å². The second-order valence-electron chi connectivity index (χ2n) is 7.85. The van der Waals surface area contributed by atoms with Crippen LogP contribution >= 0.6 is 0 Å². The molecule has 1 saturated heterocycles. The molecule has 0 aliphatic carbocycles. The Morgan fingerprint density at radius 3 is 2.53 bits per heavy atom. The Kier molecular flexibility index (Phi) is 4.22. The molecule has 30 heavy (non-hydrogen) atoms. The summed E-state index contributed by atoms with van der Waals surface area (Å²) >= 11 is 0. The number of nitrogens with zero attached hydrogens (tertiary/aromatic N) is 4. The molecular formula is C23H23N5O2. The molecule has 1 aromatic carbocycles. The fourth-order valence-corrected chi connectivity index (χ4v) is 4.47. The minimum atomic E-state index is -0.311. The largest absolute Gasteiger partial charge is 0.351 e. The minimum Gasteiger partial charge on any atom is -0.351 e. The third-order valence-electron chi connectivity index (χ3n) is 6.26. The highest BCUT2D eigenvalue weighted by molar-refractivity contribution is 6.00. The first-order chi connectivity index (χ1) is 14.5. The molecule has 5 rings (SSSR count). The summed E-state index contributed by atoms with van der Waals surface area (Å²) in [5.74, 6) is 0.685. The molecule has 2 amide bonds. The van der Waals surface area contributed by atoms with Crippen LogP contribution in [0.4, 0.5) is 0 Å². The van der Waals surface area contributed by atoms with Gasteiger partial charge in [-0.05, 0) is 49.9 Å². The number of carbonyl (C=O) groups is 2. The standard InChI is InChI=1S/C23H23N5O2/c1-14-22(29)27(3)18-11-12-19(25-21(18)26(14)2)28-20(17-10-6-7-13-24-17)15-8-4-5-9-16(15)23(28)30/h4-14,20-21,25H,1-3H3/t14-,20?,21?/m1/s1. The number of nitrogens with one attached hydrogen (secondary N) is 1. The predicted octanol–water partition coefficient (Wildman–Crippen LogP) is 2.07. The van der Waals surface area contributed by atoms with Crippen LogP contribution in [0.3, 0.4) is 0 Å². The number of likely N-dealkylation sites (N-methyl/N-ethyl adjacent to an activating group) is 2. The number of pyridine rings is 1. The summed E-state index contributed by atoms with van der Waals surface area (Å²) < 4.78 is 0. The Morgan fingerprint density at radius 1 is 1.00 bits per heavy atom. The molecule has 1 fully saturated rings.